The van der Waals surface area contributed by atoms with E-state index in [0.29, 0.717) is 11.7 Å². The van der Waals surface area contributed by atoms with Crippen LogP contribution in [0.15, 0.2) is 30.3 Å². The fourth-order valence-corrected chi connectivity index (χ4v) is 2.09. The van der Waals surface area contributed by atoms with E-state index in [1.807, 2.05) is 13.1 Å². The molecule has 94 valence electrons. The summed E-state index contributed by atoms with van der Waals surface area (Å²) in [5.74, 6) is 0. The van der Waals surface area contributed by atoms with E-state index >= 15 is 0 Å². The van der Waals surface area contributed by atoms with Gasteiger partial charge in [0.1, 0.15) is 0 Å². The molecule has 1 heterocycles. The first-order valence-electron chi connectivity index (χ1n) is 5.83. The first-order valence-corrected chi connectivity index (χ1v) is 6.20. The molecule has 3 nitrogen and oxygen atoms in total. The molecular formula is C14H16ClN3. The van der Waals surface area contributed by atoms with Gasteiger partial charge in [-0.3, -0.25) is 0 Å². The molecule has 0 saturated heterocycles. The quantitative estimate of drug-likeness (QED) is 0.848. The lowest BCUT2D eigenvalue weighted by molar-refractivity contribution is 0.839. The van der Waals surface area contributed by atoms with Crippen LogP contribution in [0.25, 0.3) is 0 Å². The van der Waals surface area contributed by atoms with E-state index in [9.17, 15) is 0 Å². The Hall–Kier alpha value is -1.61. The molecule has 18 heavy (non-hydrogen) atoms. The third-order valence-electron chi connectivity index (χ3n) is 2.85. The summed E-state index contributed by atoms with van der Waals surface area (Å²) in [5.41, 5.74) is 4.65. The number of hydrogen-bond acceptors (Lipinski definition) is 3. The highest BCUT2D eigenvalue weighted by Gasteiger charge is 2.06. The van der Waals surface area contributed by atoms with E-state index in [4.69, 9.17) is 11.6 Å². The highest BCUT2D eigenvalue weighted by molar-refractivity contribution is 6.29. The number of rotatable bonds is 3. The van der Waals surface area contributed by atoms with Crippen LogP contribution < -0.4 is 4.90 Å². The van der Waals surface area contributed by atoms with E-state index in [-0.39, 0.29) is 0 Å². The van der Waals surface area contributed by atoms with Gasteiger partial charge in [0.15, 0.2) is 5.15 Å². The standard InChI is InChI=1S/C14H16ClN3/c1-10-4-6-13(11(2)8-10)18(3)9-12-5-7-14(15)17-16-12/h4-8H,9H2,1-3H3. The summed E-state index contributed by atoms with van der Waals surface area (Å²) in [6.07, 6.45) is 0. The summed E-state index contributed by atoms with van der Waals surface area (Å²) in [6.45, 7) is 4.93. The van der Waals surface area contributed by atoms with Crippen LogP contribution in [0.5, 0.6) is 0 Å². The number of benzene rings is 1. The van der Waals surface area contributed by atoms with Crippen molar-refractivity contribution in [3.8, 4) is 0 Å². The monoisotopic (exact) mass is 261 g/mol. The average Bonchev–Trinajstić information content (AvgIpc) is 2.32. The summed E-state index contributed by atoms with van der Waals surface area (Å²) >= 11 is 5.72. The fraction of sp³-hybridized carbons (Fsp3) is 0.286. The molecule has 2 aromatic rings. The normalized spacial score (nSPS) is 10.4. The van der Waals surface area contributed by atoms with Gasteiger partial charge >= 0.3 is 0 Å². The van der Waals surface area contributed by atoms with Crippen LogP contribution in [-0.4, -0.2) is 17.2 Å². The number of aromatic nitrogens is 2. The lowest BCUT2D eigenvalue weighted by Gasteiger charge is -2.21. The molecular weight excluding hydrogens is 246 g/mol. The van der Waals surface area contributed by atoms with Crippen molar-refractivity contribution in [3.63, 3.8) is 0 Å². The van der Waals surface area contributed by atoms with E-state index in [2.05, 4.69) is 47.1 Å². The Morgan fingerprint density at radius 1 is 1.11 bits per heavy atom. The van der Waals surface area contributed by atoms with Gasteiger partial charge in [-0.15, -0.1) is 5.10 Å². The van der Waals surface area contributed by atoms with Crippen molar-refractivity contribution in [1.29, 1.82) is 0 Å². The lowest BCUT2D eigenvalue weighted by Crippen LogP contribution is -2.18. The predicted molar refractivity (Wildman–Crippen MR) is 75.1 cm³/mol. The molecule has 1 aromatic heterocycles. The zero-order valence-electron chi connectivity index (χ0n) is 10.8. The first kappa shape index (κ1) is 12.8. The van der Waals surface area contributed by atoms with Crippen molar-refractivity contribution in [2.45, 2.75) is 20.4 Å². The number of nitrogens with zero attached hydrogens (tertiary/aromatic N) is 3. The molecule has 0 aliphatic rings. The summed E-state index contributed by atoms with van der Waals surface area (Å²) in [7, 11) is 2.05. The Balaban J connectivity index is 2.16. The Morgan fingerprint density at radius 2 is 1.89 bits per heavy atom. The van der Waals surface area contributed by atoms with Gasteiger partial charge in [-0.1, -0.05) is 29.3 Å². The fourth-order valence-electron chi connectivity index (χ4n) is 1.99. The minimum absolute atomic E-state index is 0.424. The zero-order chi connectivity index (χ0) is 13.1. The number of hydrogen-bond donors (Lipinski definition) is 0. The SMILES string of the molecule is Cc1ccc(N(C)Cc2ccc(Cl)nn2)c(C)c1. The van der Waals surface area contributed by atoms with Gasteiger partial charge < -0.3 is 4.90 Å². The maximum absolute atomic E-state index is 5.72. The van der Waals surface area contributed by atoms with Gasteiger partial charge in [0.25, 0.3) is 0 Å². The number of halogens is 1. The molecule has 1 aromatic carbocycles. The predicted octanol–water partition coefficient (Wildman–Crippen LogP) is 3.38. The van der Waals surface area contributed by atoms with Crippen LogP contribution in [0.1, 0.15) is 16.8 Å². The molecule has 4 heteroatoms. The zero-order valence-corrected chi connectivity index (χ0v) is 11.6. The third kappa shape index (κ3) is 2.99. The maximum atomic E-state index is 5.72. The van der Waals surface area contributed by atoms with Crippen LogP contribution in [-0.2, 0) is 6.54 Å². The van der Waals surface area contributed by atoms with Crippen LogP contribution in [0.2, 0.25) is 5.15 Å². The van der Waals surface area contributed by atoms with Crippen molar-refractivity contribution in [2.24, 2.45) is 0 Å². The molecule has 0 amide bonds. The third-order valence-corrected chi connectivity index (χ3v) is 3.05. The van der Waals surface area contributed by atoms with Gasteiger partial charge in [-0.2, -0.15) is 5.10 Å². The molecule has 0 aliphatic heterocycles. The Kier molecular flexibility index (Phi) is 3.82. The van der Waals surface area contributed by atoms with E-state index < -0.39 is 0 Å². The van der Waals surface area contributed by atoms with Crippen molar-refractivity contribution >= 4 is 17.3 Å². The first-order chi connectivity index (χ1) is 8.56. The van der Waals surface area contributed by atoms with Gasteiger partial charge in [-0.05, 0) is 37.6 Å². The topological polar surface area (TPSA) is 29.0 Å². The molecule has 0 fully saturated rings. The van der Waals surface area contributed by atoms with E-state index in [0.717, 1.165) is 5.69 Å². The Bertz CT molecular complexity index is 537. The van der Waals surface area contributed by atoms with Gasteiger partial charge in [0.05, 0.1) is 12.2 Å². The second-order valence-corrected chi connectivity index (χ2v) is 4.88. The molecule has 2 rings (SSSR count). The average molecular weight is 262 g/mol. The van der Waals surface area contributed by atoms with Crippen molar-refractivity contribution in [2.75, 3.05) is 11.9 Å². The molecule has 0 unspecified atom stereocenters. The minimum Gasteiger partial charge on any atom is -0.368 e. The van der Waals surface area contributed by atoms with Crippen LogP contribution in [0.3, 0.4) is 0 Å². The summed E-state index contributed by atoms with van der Waals surface area (Å²) in [5, 5.41) is 8.34. The number of anilines is 1. The Morgan fingerprint density at radius 3 is 2.50 bits per heavy atom. The van der Waals surface area contributed by atoms with E-state index in [1.54, 1.807) is 6.07 Å². The largest absolute Gasteiger partial charge is 0.368 e. The maximum Gasteiger partial charge on any atom is 0.151 e. The van der Waals surface area contributed by atoms with Crippen LogP contribution >= 0.6 is 11.6 Å². The van der Waals surface area contributed by atoms with Gasteiger partial charge in [0, 0.05) is 12.7 Å². The Labute approximate surface area is 112 Å². The van der Waals surface area contributed by atoms with Crippen LogP contribution in [0, 0.1) is 13.8 Å². The lowest BCUT2D eigenvalue weighted by atomic mass is 10.1. The van der Waals surface area contributed by atoms with Gasteiger partial charge in [0.2, 0.25) is 0 Å². The molecule has 0 radical (unpaired) electrons. The molecule has 0 aliphatic carbocycles. The number of aryl methyl sites for hydroxylation is 2. The summed E-state index contributed by atoms with van der Waals surface area (Å²) in [4.78, 5) is 2.16. The molecule has 0 spiro atoms. The van der Waals surface area contributed by atoms with Crippen molar-refractivity contribution in [3.05, 3.63) is 52.3 Å². The van der Waals surface area contributed by atoms with Gasteiger partial charge in [-0.25, -0.2) is 0 Å². The summed E-state index contributed by atoms with van der Waals surface area (Å²) < 4.78 is 0. The second kappa shape index (κ2) is 5.36. The molecule has 0 N–H and O–H groups in total. The smallest absolute Gasteiger partial charge is 0.151 e. The van der Waals surface area contributed by atoms with Crippen molar-refractivity contribution < 1.29 is 0 Å². The van der Waals surface area contributed by atoms with E-state index in [1.165, 1.54) is 16.8 Å². The molecule has 0 saturated carbocycles. The molecule has 0 atom stereocenters. The van der Waals surface area contributed by atoms with Crippen LogP contribution in [0.4, 0.5) is 5.69 Å². The molecule has 0 bridgehead atoms. The minimum atomic E-state index is 0.424. The second-order valence-electron chi connectivity index (χ2n) is 4.49. The highest BCUT2D eigenvalue weighted by Crippen LogP contribution is 2.21. The highest BCUT2D eigenvalue weighted by atomic mass is 35.5. The summed E-state index contributed by atoms with van der Waals surface area (Å²) in [6, 6.07) is 10.1. The van der Waals surface area contributed by atoms with Crippen molar-refractivity contribution in [1.82, 2.24) is 10.2 Å².